The van der Waals surface area contributed by atoms with Gasteiger partial charge in [-0.05, 0) is 12.0 Å². The smallest absolute Gasteiger partial charge is 0.410 e. The molecule has 0 aromatic heterocycles. The molecule has 0 spiro atoms. The van der Waals surface area contributed by atoms with Gasteiger partial charge < -0.3 is 19.5 Å². The first-order chi connectivity index (χ1) is 9.74. The summed E-state index contributed by atoms with van der Waals surface area (Å²) in [5.41, 5.74) is 0.975. The van der Waals surface area contributed by atoms with Crippen molar-refractivity contribution in [2.24, 2.45) is 5.92 Å². The van der Waals surface area contributed by atoms with E-state index in [4.69, 9.17) is 9.47 Å². The summed E-state index contributed by atoms with van der Waals surface area (Å²) in [7, 11) is 0. The van der Waals surface area contributed by atoms with E-state index >= 15 is 0 Å². The molecule has 0 radical (unpaired) electrons. The lowest BCUT2D eigenvalue weighted by molar-refractivity contribution is 0.0167. The van der Waals surface area contributed by atoms with Crippen molar-refractivity contribution in [3.8, 4) is 0 Å². The maximum absolute atomic E-state index is 12.0. The molecule has 1 aromatic rings. The zero-order valence-electron chi connectivity index (χ0n) is 11.3. The monoisotopic (exact) mass is 277 g/mol. The highest BCUT2D eigenvalue weighted by Crippen LogP contribution is 2.29. The Morgan fingerprint density at radius 2 is 2.20 bits per heavy atom. The molecule has 2 aliphatic rings. The first-order valence-corrected chi connectivity index (χ1v) is 6.99. The molecule has 3 rings (SSSR count). The summed E-state index contributed by atoms with van der Waals surface area (Å²) in [4.78, 5) is 13.7. The molecule has 1 amide bonds. The highest BCUT2D eigenvalue weighted by molar-refractivity contribution is 5.67. The van der Waals surface area contributed by atoms with Crippen molar-refractivity contribution in [2.45, 2.75) is 25.2 Å². The van der Waals surface area contributed by atoms with Crippen LogP contribution in [0, 0.1) is 5.92 Å². The van der Waals surface area contributed by atoms with Crippen LogP contribution in [-0.2, 0) is 16.1 Å². The predicted octanol–water partition coefficient (Wildman–Crippen LogP) is 1.40. The van der Waals surface area contributed by atoms with Gasteiger partial charge in [0.05, 0.1) is 25.4 Å². The van der Waals surface area contributed by atoms with Gasteiger partial charge in [0.15, 0.2) is 0 Å². The van der Waals surface area contributed by atoms with Gasteiger partial charge in [0, 0.05) is 12.5 Å². The third-order valence-electron chi connectivity index (χ3n) is 4.05. The molecular weight excluding hydrogens is 258 g/mol. The van der Waals surface area contributed by atoms with Crippen LogP contribution in [0.2, 0.25) is 0 Å². The van der Waals surface area contributed by atoms with E-state index in [-0.39, 0.29) is 30.8 Å². The van der Waals surface area contributed by atoms with Crippen LogP contribution in [0.3, 0.4) is 0 Å². The minimum Gasteiger partial charge on any atom is -0.445 e. The Morgan fingerprint density at radius 1 is 1.40 bits per heavy atom. The predicted molar refractivity (Wildman–Crippen MR) is 72.1 cm³/mol. The van der Waals surface area contributed by atoms with Gasteiger partial charge in [0.25, 0.3) is 0 Å². The second-order valence-electron chi connectivity index (χ2n) is 5.38. The van der Waals surface area contributed by atoms with Gasteiger partial charge in [0.1, 0.15) is 6.61 Å². The van der Waals surface area contributed by atoms with E-state index in [1.165, 1.54) is 0 Å². The molecule has 2 heterocycles. The third kappa shape index (κ3) is 2.78. The van der Waals surface area contributed by atoms with Crippen LogP contribution in [0.5, 0.6) is 0 Å². The summed E-state index contributed by atoms with van der Waals surface area (Å²) in [6, 6.07) is 9.62. The molecule has 2 fully saturated rings. The average molecular weight is 277 g/mol. The molecule has 1 aromatic carbocycles. The molecule has 3 atom stereocenters. The number of ether oxygens (including phenoxy) is 2. The Hall–Kier alpha value is -1.59. The van der Waals surface area contributed by atoms with Crippen LogP contribution in [-0.4, -0.2) is 48.0 Å². The zero-order chi connectivity index (χ0) is 13.9. The molecule has 0 saturated carbocycles. The van der Waals surface area contributed by atoms with Crippen molar-refractivity contribution in [1.29, 1.82) is 0 Å². The highest BCUT2D eigenvalue weighted by Gasteiger charge is 2.41. The molecule has 5 heteroatoms. The Labute approximate surface area is 118 Å². The van der Waals surface area contributed by atoms with Gasteiger partial charge in [-0.2, -0.15) is 0 Å². The van der Waals surface area contributed by atoms with Crippen molar-refractivity contribution in [1.82, 2.24) is 4.90 Å². The number of nitrogens with zero attached hydrogens (tertiary/aromatic N) is 1. The topological polar surface area (TPSA) is 59.0 Å². The van der Waals surface area contributed by atoms with Crippen LogP contribution in [0.1, 0.15) is 12.0 Å². The second kappa shape index (κ2) is 5.81. The van der Waals surface area contributed by atoms with E-state index in [0.29, 0.717) is 19.7 Å². The number of hydrogen-bond donors (Lipinski definition) is 1. The van der Waals surface area contributed by atoms with Gasteiger partial charge in [-0.15, -0.1) is 0 Å². The number of aliphatic hydroxyl groups excluding tert-OH is 1. The molecule has 0 unspecified atom stereocenters. The van der Waals surface area contributed by atoms with Crippen LogP contribution in [0.4, 0.5) is 4.79 Å². The van der Waals surface area contributed by atoms with E-state index in [9.17, 15) is 9.90 Å². The summed E-state index contributed by atoms with van der Waals surface area (Å²) in [5, 5.41) is 9.74. The van der Waals surface area contributed by atoms with Crippen molar-refractivity contribution in [2.75, 3.05) is 19.7 Å². The molecule has 2 aliphatic heterocycles. The molecule has 0 bridgehead atoms. The van der Waals surface area contributed by atoms with Crippen LogP contribution in [0.15, 0.2) is 30.3 Å². The number of hydrogen-bond acceptors (Lipinski definition) is 4. The molecule has 2 saturated heterocycles. The maximum atomic E-state index is 12.0. The normalized spacial score (nSPS) is 29.1. The average Bonchev–Trinajstić information content (AvgIpc) is 2.87. The summed E-state index contributed by atoms with van der Waals surface area (Å²) in [6.45, 7) is 1.79. The van der Waals surface area contributed by atoms with E-state index < -0.39 is 0 Å². The fourth-order valence-electron chi connectivity index (χ4n) is 2.87. The Bertz CT molecular complexity index is 464. The number of carbonyl (C=O) groups is 1. The summed E-state index contributed by atoms with van der Waals surface area (Å²) in [5.74, 6) is 0.160. The Morgan fingerprint density at radius 3 is 3.00 bits per heavy atom. The number of fused-ring (bicyclic) bond motifs is 1. The lowest BCUT2D eigenvalue weighted by Crippen LogP contribution is -2.47. The van der Waals surface area contributed by atoms with E-state index in [2.05, 4.69) is 0 Å². The van der Waals surface area contributed by atoms with Gasteiger partial charge in [0.2, 0.25) is 0 Å². The van der Waals surface area contributed by atoms with Gasteiger partial charge in [-0.1, -0.05) is 30.3 Å². The van der Waals surface area contributed by atoms with Crippen molar-refractivity contribution in [3.05, 3.63) is 35.9 Å². The molecule has 5 nitrogen and oxygen atoms in total. The maximum Gasteiger partial charge on any atom is 0.410 e. The molecule has 108 valence electrons. The highest BCUT2D eigenvalue weighted by atomic mass is 16.6. The van der Waals surface area contributed by atoms with Crippen molar-refractivity contribution >= 4 is 6.09 Å². The number of carbonyl (C=O) groups excluding carboxylic acids is 1. The minimum absolute atomic E-state index is 0.0528. The number of amides is 1. The molecule has 1 N–H and O–H groups in total. The lowest BCUT2D eigenvalue weighted by Gasteiger charge is -2.33. The fraction of sp³-hybridized carbons (Fsp3) is 0.533. The fourth-order valence-corrected chi connectivity index (χ4v) is 2.87. The van der Waals surface area contributed by atoms with Crippen molar-refractivity contribution in [3.63, 3.8) is 0 Å². The number of rotatable bonds is 2. The number of likely N-dealkylation sites (tertiary alicyclic amines) is 1. The molecule has 0 aliphatic carbocycles. The SMILES string of the molecule is O=C(OCc1ccccc1)N1CC[C@@H]2[C@H](O)CO[C@@H]2C1. The van der Waals surface area contributed by atoms with E-state index in [1.54, 1.807) is 4.90 Å². The minimum atomic E-state index is -0.387. The Balaban J connectivity index is 1.51. The number of piperidine rings is 1. The third-order valence-corrected chi connectivity index (χ3v) is 4.05. The van der Waals surface area contributed by atoms with Gasteiger partial charge in [-0.3, -0.25) is 0 Å². The zero-order valence-corrected chi connectivity index (χ0v) is 11.3. The largest absolute Gasteiger partial charge is 0.445 e. The number of benzene rings is 1. The number of aliphatic hydroxyl groups is 1. The molecular formula is C15H19NO4. The Kier molecular flexibility index (Phi) is 3.89. The van der Waals surface area contributed by atoms with Gasteiger partial charge >= 0.3 is 6.09 Å². The van der Waals surface area contributed by atoms with Crippen LogP contribution in [0.25, 0.3) is 0 Å². The van der Waals surface area contributed by atoms with Crippen molar-refractivity contribution < 1.29 is 19.4 Å². The van der Waals surface area contributed by atoms with Crippen LogP contribution >= 0.6 is 0 Å². The first-order valence-electron chi connectivity index (χ1n) is 6.99. The van der Waals surface area contributed by atoms with Crippen LogP contribution < -0.4 is 0 Å². The van der Waals surface area contributed by atoms with E-state index in [1.807, 2.05) is 30.3 Å². The summed E-state index contributed by atoms with van der Waals surface area (Å²) in [6.07, 6.45) is 0.0227. The first kappa shape index (κ1) is 13.4. The van der Waals surface area contributed by atoms with E-state index in [0.717, 1.165) is 12.0 Å². The van der Waals surface area contributed by atoms with Gasteiger partial charge in [-0.25, -0.2) is 4.79 Å². The second-order valence-corrected chi connectivity index (χ2v) is 5.38. The summed E-state index contributed by atoms with van der Waals surface area (Å²) < 4.78 is 10.8. The lowest BCUT2D eigenvalue weighted by atomic mass is 9.91. The quantitative estimate of drug-likeness (QED) is 0.888. The summed E-state index contributed by atoms with van der Waals surface area (Å²) >= 11 is 0. The molecule has 20 heavy (non-hydrogen) atoms. The standard InChI is InChI=1S/C15H19NO4/c17-13-10-19-14-8-16(7-6-12(13)14)15(18)20-9-11-4-2-1-3-5-11/h1-5,12-14,17H,6-10H2/t12-,13-,14-/m1/s1.